The van der Waals surface area contributed by atoms with Gasteiger partial charge >= 0.3 is 0 Å². The zero-order valence-corrected chi connectivity index (χ0v) is 9.31. The van der Waals surface area contributed by atoms with Crippen molar-refractivity contribution in [3.8, 4) is 11.3 Å². The van der Waals surface area contributed by atoms with E-state index in [1.54, 1.807) is 18.2 Å². The largest absolute Gasteiger partial charge is 0.329 e. The zero-order valence-electron chi connectivity index (χ0n) is 9.31. The van der Waals surface area contributed by atoms with Crippen molar-refractivity contribution in [2.24, 2.45) is 0 Å². The molecule has 92 valence electrons. The molecular formula is C13H10F2N2O. The van der Waals surface area contributed by atoms with Crippen molar-refractivity contribution in [1.82, 2.24) is 4.98 Å². The minimum absolute atomic E-state index is 0.106. The second kappa shape index (κ2) is 5.35. The van der Waals surface area contributed by atoms with Gasteiger partial charge in [-0.1, -0.05) is 12.1 Å². The van der Waals surface area contributed by atoms with Crippen LogP contribution >= 0.6 is 0 Å². The number of carbonyl (C=O) groups is 1. The van der Waals surface area contributed by atoms with E-state index in [9.17, 15) is 13.6 Å². The molecule has 0 aliphatic heterocycles. The third kappa shape index (κ3) is 2.51. The van der Waals surface area contributed by atoms with E-state index in [-0.39, 0.29) is 5.56 Å². The van der Waals surface area contributed by atoms with Crippen LogP contribution in [0.5, 0.6) is 0 Å². The number of benzene rings is 1. The van der Waals surface area contributed by atoms with Gasteiger partial charge in [-0.05, 0) is 24.3 Å². The number of hydrogen-bond donors (Lipinski definition) is 1. The summed E-state index contributed by atoms with van der Waals surface area (Å²) in [7, 11) is 0. The molecule has 2 rings (SSSR count). The van der Waals surface area contributed by atoms with Crippen molar-refractivity contribution in [1.29, 1.82) is 0 Å². The van der Waals surface area contributed by atoms with Gasteiger partial charge in [0.2, 0.25) is 6.41 Å². The summed E-state index contributed by atoms with van der Waals surface area (Å²) in [5, 5.41) is 2.43. The fraction of sp³-hybridized carbons (Fsp3) is 0.0769. The van der Waals surface area contributed by atoms with Gasteiger partial charge < -0.3 is 5.32 Å². The van der Waals surface area contributed by atoms with Crippen molar-refractivity contribution in [3.05, 3.63) is 48.2 Å². The van der Waals surface area contributed by atoms with Crippen LogP contribution in [0, 0.1) is 0 Å². The lowest BCUT2D eigenvalue weighted by molar-refractivity contribution is -0.105. The number of aromatic nitrogens is 1. The topological polar surface area (TPSA) is 42.0 Å². The first-order valence-corrected chi connectivity index (χ1v) is 5.26. The highest BCUT2D eigenvalue weighted by molar-refractivity contribution is 5.76. The van der Waals surface area contributed by atoms with Gasteiger partial charge in [0.25, 0.3) is 6.43 Å². The lowest BCUT2D eigenvalue weighted by Gasteiger charge is -2.10. The Labute approximate surface area is 102 Å². The van der Waals surface area contributed by atoms with E-state index in [1.165, 1.54) is 24.4 Å². The molecule has 18 heavy (non-hydrogen) atoms. The van der Waals surface area contributed by atoms with Gasteiger partial charge in [0.15, 0.2) is 0 Å². The molecule has 1 aromatic heterocycles. The summed E-state index contributed by atoms with van der Waals surface area (Å²) in [6.07, 6.45) is -0.559. The van der Waals surface area contributed by atoms with Crippen LogP contribution in [-0.2, 0) is 4.79 Å². The van der Waals surface area contributed by atoms with Crippen LogP contribution < -0.4 is 5.32 Å². The minimum atomic E-state index is -2.59. The molecule has 1 aromatic carbocycles. The maximum Gasteiger partial charge on any atom is 0.264 e. The van der Waals surface area contributed by atoms with Crippen LogP contribution in [0.25, 0.3) is 11.3 Å². The smallest absolute Gasteiger partial charge is 0.264 e. The fourth-order valence-electron chi connectivity index (χ4n) is 1.65. The van der Waals surface area contributed by atoms with Crippen LogP contribution in [0.3, 0.4) is 0 Å². The van der Waals surface area contributed by atoms with E-state index in [4.69, 9.17) is 0 Å². The number of alkyl halides is 2. The summed E-state index contributed by atoms with van der Waals surface area (Å²) in [6, 6.07) is 9.28. The van der Waals surface area contributed by atoms with Gasteiger partial charge in [-0.15, -0.1) is 0 Å². The van der Waals surface area contributed by atoms with Crippen molar-refractivity contribution in [2.45, 2.75) is 6.43 Å². The van der Waals surface area contributed by atoms with Gasteiger partial charge in [0.05, 0.1) is 5.69 Å². The molecule has 0 bridgehead atoms. The number of carbonyl (C=O) groups excluding carboxylic acids is 1. The predicted molar refractivity (Wildman–Crippen MR) is 64.3 cm³/mol. The highest BCUT2D eigenvalue weighted by atomic mass is 19.3. The minimum Gasteiger partial charge on any atom is -0.329 e. The van der Waals surface area contributed by atoms with E-state index in [2.05, 4.69) is 10.3 Å². The third-order valence-electron chi connectivity index (χ3n) is 2.45. The van der Waals surface area contributed by atoms with Gasteiger partial charge in [0, 0.05) is 23.0 Å². The molecule has 5 heteroatoms. The van der Waals surface area contributed by atoms with Crippen molar-refractivity contribution in [2.75, 3.05) is 5.32 Å². The molecular weight excluding hydrogens is 238 g/mol. The number of nitrogens with zero attached hydrogens (tertiary/aromatic N) is 1. The molecule has 0 saturated carbocycles. The summed E-state index contributed by atoms with van der Waals surface area (Å²) in [5.74, 6) is 0. The number of halogens is 2. The first kappa shape index (κ1) is 12.2. The Bertz CT molecular complexity index is 544. The number of pyridine rings is 1. The predicted octanol–water partition coefficient (Wildman–Crippen LogP) is 3.25. The summed E-state index contributed by atoms with van der Waals surface area (Å²) >= 11 is 0. The van der Waals surface area contributed by atoms with E-state index >= 15 is 0 Å². The Kier molecular flexibility index (Phi) is 3.62. The van der Waals surface area contributed by atoms with Crippen LogP contribution in [0.1, 0.15) is 12.0 Å². The molecule has 0 atom stereocenters. The molecule has 0 radical (unpaired) electrons. The zero-order chi connectivity index (χ0) is 13.0. The van der Waals surface area contributed by atoms with Gasteiger partial charge in [-0.25, -0.2) is 8.78 Å². The number of hydrogen-bond acceptors (Lipinski definition) is 2. The summed E-state index contributed by atoms with van der Waals surface area (Å²) < 4.78 is 25.8. The fourth-order valence-corrected chi connectivity index (χ4v) is 1.65. The molecule has 2 aromatic rings. The molecule has 1 heterocycles. The van der Waals surface area contributed by atoms with Crippen LogP contribution in [-0.4, -0.2) is 11.4 Å². The van der Waals surface area contributed by atoms with Crippen LogP contribution in [0.2, 0.25) is 0 Å². The monoisotopic (exact) mass is 248 g/mol. The lowest BCUT2D eigenvalue weighted by Crippen LogP contribution is -1.97. The van der Waals surface area contributed by atoms with E-state index in [0.29, 0.717) is 23.4 Å². The number of anilines is 1. The SMILES string of the molecule is O=CNc1ccc(C(F)F)c(-c2ccccn2)c1. The molecule has 0 unspecified atom stereocenters. The highest BCUT2D eigenvalue weighted by Crippen LogP contribution is 2.32. The third-order valence-corrected chi connectivity index (χ3v) is 2.45. The summed E-state index contributed by atoms with van der Waals surface area (Å²) in [5.41, 5.74) is 1.11. The standard InChI is InChI=1S/C13H10F2N2O/c14-13(15)10-5-4-9(17-8-18)7-11(10)12-3-1-2-6-16-12/h1-8,13H,(H,17,18). The maximum atomic E-state index is 12.9. The molecule has 3 nitrogen and oxygen atoms in total. The summed E-state index contributed by atoms with van der Waals surface area (Å²) in [6.45, 7) is 0. The molecule has 1 amide bonds. The number of nitrogens with one attached hydrogen (secondary N) is 1. The second-order valence-electron chi connectivity index (χ2n) is 3.58. The van der Waals surface area contributed by atoms with E-state index in [1.807, 2.05) is 0 Å². The molecule has 1 N–H and O–H groups in total. The quantitative estimate of drug-likeness (QED) is 0.844. The van der Waals surface area contributed by atoms with Crippen molar-refractivity contribution >= 4 is 12.1 Å². The first-order chi connectivity index (χ1) is 8.72. The molecule has 0 spiro atoms. The Balaban J connectivity index is 2.54. The van der Waals surface area contributed by atoms with Crippen molar-refractivity contribution in [3.63, 3.8) is 0 Å². The second-order valence-corrected chi connectivity index (χ2v) is 3.58. The van der Waals surface area contributed by atoms with Gasteiger partial charge in [-0.3, -0.25) is 9.78 Å². The van der Waals surface area contributed by atoms with Gasteiger partial charge in [-0.2, -0.15) is 0 Å². The Morgan fingerprint density at radius 1 is 1.22 bits per heavy atom. The molecule has 0 aliphatic rings. The Morgan fingerprint density at radius 3 is 2.67 bits per heavy atom. The first-order valence-electron chi connectivity index (χ1n) is 5.26. The van der Waals surface area contributed by atoms with Crippen LogP contribution in [0.15, 0.2) is 42.6 Å². The Hall–Kier alpha value is -2.30. The average molecular weight is 248 g/mol. The Morgan fingerprint density at radius 2 is 2.06 bits per heavy atom. The normalized spacial score (nSPS) is 10.4. The molecule has 0 aliphatic carbocycles. The highest BCUT2D eigenvalue weighted by Gasteiger charge is 2.15. The number of amides is 1. The number of rotatable bonds is 4. The average Bonchev–Trinajstić information content (AvgIpc) is 2.40. The van der Waals surface area contributed by atoms with E-state index in [0.717, 1.165) is 0 Å². The molecule has 0 saturated heterocycles. The van der Waals surface area contributed by atoms with E-state index < -0.39 is 6.43 Å². The molecule has 0 fully saturated rings. The summed E-state index contributed by atoms with van der Waals surface area (Å²) in [4.78, 5) is 14.4. The van der Waals surface area contributed by atoms with Crippen LogP contribution in [0.4, 0.5) is 14.5 Å². The van der Waals surface area contributed by atoms with Gasteiger partial charge in [0.1, 0.15) is 0 Å². The maximum absolute atomic E-state index is 12.9. The lowest BCUT2D eigenvalue weighted by atomic mass is 10.0. The van der Waals surface area contributed by atoms with Crippen molar-refractivity contribution < 1.29 is 13.6 Å².